The first-order valence-electron chi connectivity index (χ1n) is 9.90. The Bertz CT molecular complexity index is 910. The third-order valence-electron chi connectivity index (χ3n) is 5.08. The molecule has 1 saturated heterocycles. The van der Waals surface area contributed by atoms with Gasteiger partial charge in [-0.05, 0) is 37.8 Å². The van der Waals surface area contributed by atoms with Gasteiger partial charge in [-0.1, -0.05) is 18.2 Å². The first kappa shape index (κ1) is 25.0. The minimum absolute atomic E-state index is 0. The van der Waals surface area contributed by atoms with E-state index in [1.54, 1.807) is 47.0 Å². The lowest BCUT2D eigenvalue weighted by atomic mass is 9.98. The summed E-state index contributed by atoms with van der Waals surface area (Å²) in [6.07, 6.45) is 2.54. The van der Waals surface area contributed by atoms with Gasteiger partial charge in [0.05, 0.1) is 15.6 Å². The lowest BCUT2D eigenvalue weighted by Crippen LogP contribution is -2.44. The number of guanidine groups is 1. The molecule has 0 spiro atoms. The van der Waals surface area contributed by atoms with E-state index in [0.29, 0.717) is 23.9 Å². The molecule has 3 rings (SSSR count). The first-order valence-corrected chi connectivity index (χ1v) is 12.2. The number of aromatic nitrogens is 1. The molecule has 0 saturated carbocycles. The quantitative estimate of drug-likeness (QED) is 0.308. The normalized spacial score (nSPS) is 16.1. The van der Waals surface area contributed by atoms with E-state index in [4.69, 9.17) is 0 Å². The van der Waals surface area contributed by atoms with Crippen molar-refractivity contribution < 1.29 is 8.42 Å². The first-order chi connectivity index (χ1) is 14.0. The van der Waals surface area contributed by atoms with E-state index < -0.39 is 10.0 Å². The maximum Gasteiger partial charge on any atom is 0.243 e. The van der Waals surface area contributed by atoms with Crippen LogP contribution < -0.4 is 10.6 Å². The van der Waals surface area contributed by atoms with Crippen LogP contribution in [0, 0.1) is 12.8 Å². The number of sulfonamides is 1. The monoisotopic (exact) mass is 563 g/mol. The van der Waals surface area contributed by atoms with Crippen LogP contribution in [0.25, 0.3) is 0 Å². The van der Waals surface area contributed by atoms with Crippen LogP contribution in [-0.2, 0) is 16.4 Å². The van der Waals surface area contributed by atoms with Crippen LogP contribution >= 0.6 is 35.3 Å². The van der Waals surface area contributed by atoms with Crippen molar-refractivity contribution in [2.24, 2.45) is 10.9 Å². The highest BCUT2D eigenvalue weighted by Crippen LogP contribution is 2.23. The maximum absolute atomic E-state index is 12.7. The van der Waals surface area contributed by atoms with Gasteiger partial charge in [-0.2, -0.15) is 4.31 Å². The highest BCUT2D eigenvalue weighted by Gasteiger charge is 2.29. The fraction of sp³-hybridized carbons (Fsp3) is 0.500. The predicted octanol–water partition coefficient (Wildman–Crippen LogP) is 2.88. The average Bonchev–Trinajstić information content (AvgIpc) is 3.16. The summed E-state index contributed by atoms with van der Waals surface area (Å²) in [5.41, 5.74) is 1.10. The summed E-state index contributed by atoms with van der Waals surface area (Å²) in [6.45, 7) is 4.68. The van der Waals surface area contributed by atoms with E-state index in [9.17, 15) is 8.42 Å². The van der Waals surface area contributed by atoms with Crippen LogP contribution in [-0.4, -0.2) is 56.9 Å². The lowest BCUT2D eigenvalue weighted by Gasteiger charge is -2.31. The SMILES string of the molecule is CN=C(NCCc1csc(C)n1)NCC1CCN(S(=O)(=O)c2ccccc2)CC1.I. The molecule has 0 bridgehead atoms. The van der Waals surface area contributed by atoms with Crippen molar-refractivity contribution in [2.75, 3.05) is 33.2 Å². The number of halogens is 1. The molecule has 30 heavy (non-hydrogen) atoms. The summed E-state index contributed by atoms with van der Waals surface area (Å²) in [6, 6.07) is 8.67. The van der Waals surface area contributed by atoms with Gasteiger partial charge in [0.15, 0.2) is 5.96 Å². The number of aliphatic imine (C=N–C) groups is 1. The van der Waals surface area contributed by atoms with E-state index in [2.05, 4.69) is 26.0 Å². The Morgan fingerprint density at radius 1 is 1.23 bits per heavy atom. The number of benzene rings is 1. The Balaban J connectivity index is 0.00000320. The van der Waals surface area contributed by atoms with Crippen molar-refractivity contribution in [3.63, 3.8) is 0 Å². The Hall–Kier alpha value is -1.24. The van der Waals surface area contributed by atoms with Gasteiger partial charge in [-0.25, -0.2) is 13.4 Å². The Kier molecular flexibility index (Phi) is 9.98. The molecule has 1 aliphatic rings. The maximum atomic E-state index is 12.7. The zero-order valence-electron chi connectivity index (χ0n) is 17.4. The van der Waals surface area contributed by atoms with Crippen molar-refractivity contribution in [1.82, 2.24) is 19.9 Å². The number of nitrogens with zero attached hydrogens (tertiary/aromatic N) is 3. The fourth-order valence-corrected chi connectivity index (χ4v) is 5.53. The molecule has 10 heteroatoms. The van der Waals surface area contributed by atoms with Crippen molar-refractivity contribution in [2.45, 2.75) is 31.1 Å². The van der Waals surface area contributed by atoms with E-state index >= 15 is 0 Å². The standard InChI is InChI=1S/C20H29N5O2S2.HI/c1-16-24-18(15-28-16)8-11-22-20(21-2)23-14-17-9-12-25(13-10-17)29(26,27)19-6-4-3-5-7-19;/h3-7,15,17H,8-14H2,1-2H3,(H2,21,22,23);1H. The predicted molar refractivity (Wildman–Crippen MR) is 133 cm³/mol. The summed E-state index contributed by atoms with van der Waals surface area (Å²) in [7, 11) is -1.63. The molecule has 1 aromatic heterocycles. The fourth-order valence-electron chi connectivity index (χ4n) is 3.39. The van der Waals surface area contributed by atoms with Gasteiger partial charge < -0.3 is 10.6 Å². The van der Waals surface area contributed by atoms with Gasteiger partial charge in [0, 0.05) is 45.0 Å². The van der Waals surface area contributed by atoms with Crippen molar-refractivity contribution in [1.29, 1.82) is 0 Å². The number of thiazole rings is 1. The number of aryl methyl sites for hydroxylation is 1. The van der Waals surface area contributed by atoms with Crippen LogP contribution in [0.15, 0.2) is 45.6 Å². The smallest absolute Gasteiger partial charge is 0.243 e. The Morgan fingerprint density at radius 3 is 2.53 bits per heavy atom. The zero-order valence-corrected chi connectivity index (χ0v) is 21.3. The van der Waals surface area contributed by atoms with Gasteiger partial charge in [0.1, 0.15) is 0 Å². The van der Waals surface area contributed by atoms with Crippen LogP contribution in [0.3, 0.4) is 0 Å². The van der Waals surface area contributed by atoms with Crippen molar-refractivity contribution in [3.8, 4) is 0 Å². The summed E-state index contributed by atoms with van der Waals surface area (Å²) >= 11 is 1.67. The third kappa shape index (κ3) is 6.89. The van der Waals surface area contributed by atoms with E-state index in [1.165, 1.54) is 0 Å². The van der Waals surface area contributed by atoms with Crippen molar-refractivity contribution >= 4 is 51.3 Å². The number of nitrogens with one attached hydrogen (secondary N) is 2. The molecule has 166 valence electrons. The van der Waals surface area contributed by atoms with E-state index in [-0.39, 0.29) is 24.0 Å². The van der Waals surface area contributed by atoms with Crippen LogP contribution in [0.2, 0.25) is 0 Å². The van der Waals surface area contributed by atoms with Crippen LogP contribution in [0.1, 0.15) is 23.5 Å². The molecule has 0 atom stereocenters. The summed E-state index contributed by atoms with van der Waals surface area (Å²) in [5, 5.41) is 9.86. The van der Waals surface area contributed by atoms with Gasteiger partial charge in [0.2, 0.25) is 10.0 Å². The number of piperidine rings is 1. The van der Waals surface area contributed by atoms with E-state index in [1.807, 2.05) is 13.0 Å². The summed E-state index contributed by atoms with van der Waals surface area (Å²) in [5.74, 6) is 1.20. The summed E-state index contributed by atoms with van der Waals surface area (Å²) in [4.78, 5) is 9.11. The summed E-state index contributed by atoms with van der Waals surface area (Å²) < 4.78 is 27.0. The molecule has 1 fully saturated rings. The largest absolute Gasteiger partial charge is 0.356 e. The lowest BCUT2D eigenvalue weighted by molar-refractivity contribution is 0.273. The Morgan fingerprint density at radius 2 is 1.93 bits per heavy atom. The molecule has 0 amide bonds. The average molecular weight is 564 g/mol. The molecule has 7 nitrogen and oxygen atoms in total. The molecule has 0 aliphatic carbocycles. The molecule has 0 radical (unpaired) electrons. The molecular formula is C20H30IN5O2S2. The molecule has 2 heterocycles. The molecule has 2 N–H and O–H groups in total. The van der Waals surface area contributed by atoms with Gasteiger partial charge in [-0.3, -0.25) is 4.99 Å². The number of hydrogen-bond donors (Lipinski definition) is 2. The second-order valence-electron chi connectivity index (χ2n) is 7.15. The number of hydrogen-bond acceptors (Lipinski definition) is 5. The second-order valence-corrected chi connectivity index (χ2v) is 10.1. The molecule has 0 unspecified atom stereocenters. The van der Waals surface area contributed by atoms with Crippen LogP contribution in [0.5, 0.6) is 0 Å². The third-order valence-corrected chi connectivity index (χ3v) is 7.81. The topological polar surface area (TPSA) is 86.7 Å². The second kappa shape index (κ2) is 12.0. The minimum Gasteiger partial charge on any atom is -0.356 e. The number of rotatable bonds is 7. The zero-order chi connectivity index (χ0) is 20.7. The van der Waals surface area contributed by atoms with E-state index in [0.717, 1.165) is 49.0 Å². The minimum atomic E-state index is -3.39. The molecule has 2 aromatic rings. The molecular weight excluding hydrogens is 533 g/mol. The van der Waals surface area contributed by atoms with Crippen LogP contribution in [0.4, 0.5) is 0 Å². The van der Waals surface area contributed by atoms with Gasteiger partial charge >= 0.3 is 0 Å². The Labute approximate surface area is 200 Å². The van der Waals surface area contributed by atoms with Crippen molar-refractivity contribution in [3.05, 3.63) is 46.4 Å². The van der Waals surface area contributed by atoms with Gasteiger partial charge in [-0.15, -0.1) is 35.3 Å². The molecule has 1 aromatic carbocycles. The highest BCUT2D eigenvalue weighted by atomic mass is 127. The highest BCUT2D eigenvalue weighted by molar-refractivity contribution is 14.0. The molecule has 1 aliphatic heterocycles. The van der Waals surface area contributed by atoms with Gasteiger partial charge in [0.25, 0.3) is 0 Å².